The number of benzene rings is 3. The van der Waals surface area contributed by atoms with Crippen molar-refractivity contribution in [1.82, 2.24) is 9.97 Å². The highest BCUT2D eigenvalue weighted by Crippen LogP contribution is 2.29. The molecule has 1 N–H and O–H groups in total. The minimum Gasteiger partial charge on any atom is -0.496 e. The van der Waals surface area contributed by atoms with E-state index in [9.17, 15) is 0 Å². The van der Waals surface area contributed by atoms with Crippen molar-refractivity contribution >= 4 is 5.82 Å². The Morgan fingerprint density at radius 2 is 1.52 bits per heavy atom. The van der Waals surface area contributed by atoms with Crippen LogP contribution in [0.15, 0.2) is 91.3 Å². The molecular weight excluding hydrogens is 362 g/mol. The molecule has 0 spiro atoms. The van der Waals surface area contributed by atoms with Gasteiger partial charge in [0, 0.05) is 18.2 Å². The standard InChI is InChI=1S/C24H21N3O2/c1-28-23-10-6-5-9-21(23)22-15-24(27-17-26-22)25-16-18-11-13-20(14-12-18)29-19-7-3-2-4-8-19/h2-15,17H,16H2,1H3,(H,25,26,27). The van der Waals surface area contributed by atoms with Gasteiger partial charge in [0.05, 0.1) is 12.8 Å². The number of ether oxygens (including phenoxy) is 2. The van der Waals surface area contributed by atoms with Crippen LogP contribution in [0.3, 0.4) is 0 Å². The summed E-state index contributed by atoms with van der Waals surface area (Å²) in [6.07, 6.45) is 1.56. The van der Waals surface area contributed by atoms with E-state index in [1.54, 1.807) is 13.4 Å². The van der Waals surface area contributed by atoms with Crippen LogP contribution < -0.4 is 14.8 Å². The van der Waals surface area contributed by atoms with E-state index in [1.165, 1.54) is 0 Å². The number of hydrogen-bond acceptors (Lipinski definition) is 5. The van der Waals surface area contributed by atoms with Gasteiger partial charge < -0.3 is 14.8 Å². The van der Waals surface area contributed by atoms with Crippen LogP contribution in [-0.4, -0.2) is 17.1 Å². The SMILES string of the molecule is COc1ccccc1-c1cc(NCc2ccc(Oc3ccccc3)cc2)ncn1. The van der Waals surface area contributed by atoms with Crippen molar-refractivity contribution in [3.8, 4) is 28.5 Å². The summed E-state index contributed by atoms with van der Waals surface area (Å²) >= 11 is 0. The van der Waals surface area contributed by atoms with E-state index in [0.29, 0.717) is 6.54 Å². The average Bonchev–Trinajstić information content (AvgIpc) is 2.79. The highest BCUT2D eigenvalue weighted by Gasteiger charge is 2.07. The highest BCUT2D eigenvalue weighted by molar-refractivity contribution is 5.68. The lowest BCUT2D eigenvalue weighted by Crippen LogP contribution is -2.02. The number of aromatic nitrogens is 2. The van der Waals surface area contributed by atoms with Crippen molar-refractivity contribution < 1.29 is 9.47 Å². The first kappa shape index (κ1) is 18.5. The Bertz CT molecular complexity index is 1070. The number of para-hydroxylation sites is 2. The van der Waals surface area contributed by atoms with E-state index in [0.717, 1.165) is 39.9 Å². The Labute approximate surface area is 170 Å². The molecule has 0 unspecified atom stereocenters. The molecule has 0 fully saturated rings. The third-order valence-electron chi connectivity index (χ3n) is 4.43. The third kappa shape index (κ3) is 4.71. The summed E-state index contributed by atoms with van der Waals surface area (Å²) in [5, 5.41) is 3.34. The molecule has 1 heterocycles. The van der Waals surface area contributed by atoms with Crippen LogP contribution in [0.5, 0.6) is 17.2 Å². The molecule has 0 radical (unpaired) electrons. The molecular formula is C24H21N3O2. The van der Waals surface area contributed by atoms with Crippen molar-refractivity contribution in [1.29, 1.82) is 0 Å². The molecule has 4 rings (SSSR count). The molecule has 5 heteroatoms. The summed E-state index contributed by atoms with van der Waals surface area (Å²) in [6, 6.07) is 27.5. The van der Waals surface area contributed by atoms with Crippen molar-refractivity contribution in [2.45, 2.75) is 6.54 Å². The maximum atomic E-state index is 5.83. The lowest BCUT2D eigenvalue weighted by molar-refractivity contribution is 0.416. The summed E-state index contributed by atoms with van der Waals surface area (Å²) < 4.78 is 11.3. The van der Waals surface area contributed by atoms with Gasteiger partial charge >= 0.3 is 0 Å². The second-order valence-electron chi connectivity index (χ2n) is 6.40. The van der Waals surface area contributed by atoms with Gasteiger partial charge in [-0.15, -0.1) is 0 Å². The summed E-state index contributed by atoms with van der Waals surface area (Å²) in [4.78, 5) is 8.70. The average molecular weight is 383 g/mol. The molecule has 4 aromatic rings. The number of anilines is 1. The number of methoxy groups -OCH3 is 1. The normalized spacial score (nSPS) is 10.4. The summed E-state index contributed by atoms with van der Waals surface area (Å²) in [5.74, 6) is 3.17. The Kier molecular flexibility index (Phi) is 5.67. The van der Waals surface area contributed by atoms with Crippen LogP contribution in [0.25, 0.3) is 11.3 Å². The summed E-state index contributed by atoms with van der Waals surface area (Å²) in [6.45, 7) is 0.647. The van der Waals surface area contributed by atoms with Gasteiger partial charge in [0.2, 0.25) is 0 Å². The first-order valence-corrected chi connectivity index (χ1v) is 9.33. The Hall–Kier alpha value is -3.86. The maximum absolute atomic E-state index is 5.83. The molecule has 1 aromatic heterocycles. The number of nitrogens with zero attached hydrogens (tertiary/aromatic N) is 2. The van der Waals surface area contributed by atoms with E-state index < -0.39 is 0 Å². The summed E-state index contributed by atoms with van der Waals surface area (Å²) in [5.41, 5.74) is 2.87. The Morgan fingerprint density at radius 3 is 2.31 bits per heavy atom. The molecule has 5 nitrogen and oxygen atoms in total. The van der Waals surface area contributed by atoms with E-state index in [1.807, 2.05) is 84.9 Å². The van der Waals surface area contributed by atoms with Crippen molar-refractivity contribution in [3.63, 3.8) is 0 Å². The molecule has 29 heavy (non-hydrogen) atoms. The molecule has 0 atom stereocenters. The Morgan fingerprint density at radius 1 is 0.793 bits per heavy atom. The summed E-state index contributed by atoms with van der Waals surface area (Å²) in [7, 11) is 1.66. The van der Waals surface area contributed by atoms with Gasteiger partial charge in [-0.3, -0.25) is 0 Å². The monoisotopic (exact) mass is 383 g/mol. The lowest BCUT2D eigenvalue weighted by atomic mass is 10.1. The minimum absolute atomic E-state index is 0.647. The van der Waals surface area contributed by atoms with Gasteiger partial charge in [0.15, 0.2) is 0 Å². The van der Waals surface area contributed by atoms with E-state index in [4.69, 9.17) is 9.47 Å². The van der Waals surface area contributed by atoms with Gasteiger partial charge in [-0.1, -0.05) is 42.5 Å². The third-order valence-corrected chi connectivity index (χ3v) is 4.43. The largest absolute Gasteiger partial charge is 0.496 e. The zero-order chi connectivity index (χ0) is 19.9. The van der Waals surface area contributed by atoms with Crippen LogP contribution in [0, 0.1) is 0 Å². The highest BCUT2D eigenvalue weighted by atomic mass is 16.5. The smallest absolute Gasteiger partial charge is 0.130 e. The van der Waals surface area contributed by atoms with Gasteiger partial charge in [0.1, 0.15) is 29.4 Å². The van der Waals surface area contributed by atoms with Crippen LogP contribution in [-0.2, 0) is 6.54 Å². The topological polar surface area (TPSA) is 56.3 Å². The van der Waals surface area contributed by atoms with Gasteiger partial charge in [0.25, 0.3) is 0 Å². The quantitative estimate of drug-likeness (QED) is 0.453. The molecule has 0 aliphatic heterocycles. The molecule has 0 saturated heterocycles. The first-order valence-electron chi connectivity index (χ1n) is 9.33. The van der Waals surface area contributed by atoms with Crippen molar-refractivity contribution in [2.75, 3.05) is 12.4 Å². The molecule has 0 bridgehead atoms. The van der Waals surface area contributed by atoms with Crippen LogP contribution in [0.4, 0.5) is 5.82 Å². The molecule has 0 amide bonds. The molecule has 3 aromatic carbocycles. The molecule has 0 aliphatic carbocycles. The van der Waals surface area contributed by atoms with Crippen molar-refractivity contribution in [2.24, 2.45) is 0 Å². The van der Waals surface area contributed by atoms with Crippen LogP contribution in [0.2, 0.25) is 0 Å². The number of hydrogen-bond donors (Lipinski definition) is 1. The second kappa shape index (κ2) is 8.89. The number of rotatable bonds is 7. The fraction of sp³-hybridized carbons (Fsp3) is 0.0833. The fourth-order valence-electron chi connectivity index (χ4n) is 2.95. The first-order chi connectivity index (χ1) is 14.3. The van der Waals surface area contributed by atoms with Crippen LogP contribution in [0.1, 0.15) is 5.56 Å². The predicted molar refractivity (Wildman–Crippen MR) is 114 cm³/mol. The molecule has 0 saturated carbocycles. The van der Waals surface area contributed by atoms with E-state index in [2.05, 4.69) is 15.3 Å². The zero-order valence-electron chi connectivity index (χ0n) is 16.1. The van der Waals surface area contributed by atoms with Crippen LogP contribution >= 0.6 is 0 Å². The van der Waals surface area contributed by atoms with Gasteiger partial charge in [-0.25, -0.2) is 9.97 Å². The van der Waals surface area contributed by atoms with E-state index in [-0.39, 0.29) is 0 Å². The lowest BCUT2D eigenvalue weighted by Gasteiger charge is -2.10. The van der Waals surface area contributed by atoms with Gasteiger partial charge in [-0.2, -0.15) is 0 Å². The minimum atomic E-state index is 0.647. The van der Waals surface area contributed by atoms with E-state index >= 15 is 0 Å². The molecule has 144 valence electrons. The Balaban J connectivity index is 1.41. The second-order valence-corrected chi connectivity index (χ2v) is 6.40. The predicted octanol–water partition coefficient (Wildman–Crippen LogP) is 5.56. The maximum Gasteiger partial charge on any atom is 0.130 e. The zero-order valence-corrected chi connectivity index (χ0v) is 16.1. The molecule has 0 aliphatic rings. The van der Waals surface area contributed by atoms with Gasteiger partial charge in [-0.05, 0) is 42.0 Å². The van der Waals surface area contributed by atoms with Crippen molar-refractivity contribution in [3.05, 3.63) is 96.8 Å². The fourth-order valence-corrected chi connectivity index (χ4v) is 2.95. The number of nitrogens with one attached hydrogen (secondary N) is 1.